The van der Waals surface area contributed by atoms with E-state index in [1.54, 1.807) is 20.3 Å². The van der Waals surface area contributed by atoms with Crippen LogP contribution in [0.25, 0.3) is 0 Å². The van der Waals surface area contributed by atoms with E-state index in [4.69, 9.17) is 31.2 Å². The summed E-state index contributed by atoms with van der Waals surface area (Å²) in [6.45, 7) is 0.0710. The summed E-state index contributed by atoms with van der Waals surface area (Å²) in [5.74, 6) is 0.593. The number of benzene rings is 3. The lowest BCUT2D eigenvalue weighted by Gasteiger charge is -2.37. The minimum absolute atomic E-state index is 0.0710. The number of thiocarbonyl (C=S) groups is 1. The summed E-state index contributed by atoms with van der Waals surface area (Å²) in [7, 11) is 3.26. The standard InChI is InChI=1S/C31H31NO6S/c1-35-23-12-8-21(9-13-23)31(20-6-4-3-5-7-20,22-10-14-24(36-2)15-11-22)37-19-27-25(33)18-26(38-27)29-28(39)16-17-32-30(29)34/h3-17,25-27,29,33H,18-19H2,1-2H3,(H,32,34)/t25-,26+,27+,29?/m0/s1. The molecule has 39 heavy (non-hydrogen) atoms. The van der Waals surface area contributed by atoms with E-state index in [-0.39, 0.29) is 18.9 Å². The minimum atomic E-state index is -1.04. The Morgan fingerprint density at radius 1 is 0.923 bits per heavy atom. The van der Waals surface area contributed by atoms with Gasteiger partial charge in [0.25, 0.3) is 0 Å². The van der Waals surface area contributed by atoms with Crippen LogP contribution in [0.1, 0.15) is 23.1 Å². The molecule has 1 saturated heterocycles. The largest absolute Gasteiger partial charge is 0.497 e. The molecule has 2 aliphatic heterocycles. The van der Waals surface area contributed by atoms with E-state index in [0.717, 1.165) is 28.2 Å². The van der Waals surface area contributed by atoms with Gasteiger partial charge in [0.1, 0.15) is 23.2 Å². The Morgan fingerprint density at radius 3 is 2.03 bits per heavy atom. The molecule has 1 fully saturated rings. The molecule has 202 valence electrons. The first-order chi connectivity index (χ1) is 19.0. The van der Waals surface area contributed by atoms with Crippen LogP contribution in [-0.2, 0) is 19.9 Å². The number of ether oxygens (including phenoxy) is 4. The highest BCUT2D eigenvalue weighted by Gasteiger charge is 2.45. The Bertz CT molecular complexity index is 1280. The number of amides is 1. The quantitative estimate of drug-likeness (QED) is 0.309. The maximum absolute atomic E-state index is 12.5. The van der Waals surface area contributed by atoms with Crippen molar-refractivity contribution in [1.82, 2.24) is 5.32 Å². The lowest BCUT2D eigenvalue weighted by molar-refractivity contribution is -0.128. The second kappa shape index (κ2) is 11.7. The normalized spacial score (nSPS) is 22.9. The molecule has 4 atom stereocenters. The van der Waals surface area contributed by atoms with Crippen LogP contribution in [0, 0.1) is 5.92 Å². The number of allylic oxidation sites excluding steroid dienone is 1. The van der Waals surface area contributed by atoms with Crippen molar-refractivity contribution >= 4 is 23.0 Å². The average Bonchev–Trinajstić information content (AvgIpc) is 3.34. The van der Waals surface area contributed by atoms with Crippen molar-refractivity contribution in [1.29, 1.82) is 0 Å². The van der Waals surface area contributed by atoms with Crippen LogP contribution < -0.4 is 14.8 Å². The highest BCUT2D eigenvalue weighted by Crippen LogP contribution is 2.42. The predicted octanol–water partition coefficient (Wildman–Crippen LogP) is 4.16. The highest BCUT2D eigenvalue weighted by atomic mass is 32.1. The van der Waals surface area contributed by atoms with Gasteiger partial charge in [0, 0.05) is 17.5 Å². The molecule has 0 bridgehead atoms. The third kappa shape index (κ3) is 5.33. The molecule has 8 heteroatoms. The van der Waals surface area contributed by atoms with Gasteiger partial charge < -0.3 is 29.4 Å². The lowest BCUT2D eigenvalue weighted by atomic mass is 9.80. The Balaban J connectivity index is 1.52. The summed E-state index contributed by atoms with van der Waals surface area (Å²) >= 11 is 5.41. The summed E-state index contributed by atoms with van der Waals surface area (Å²) in [6.07, 6.45) is 1.48. The van der Waals surface area contributed by atoms with Gasteiger partial charge in [0.05, 0.1) is 39.0 Å². The van der Waals surface area contributed by atoms with Crippen molar-refractivity contribution < 1.29 is 28.8 Å². The van der Waals surface area contributed by atoms with E-state index >= 15 is 0 Å². The van der Waals surface area contributed by atoms with Gasteiger partial charge in [0.2, 0.25) is 5.91 Å². The predicted molar refractivity (Wildman–Crippen MR) is 151 cm³/mol. The summed E-state index contributed by atoms with van der Waals surface area (Å²) in [5.41, 5.74) is 1.62. The maximum Gasteiger partial charge on any atom is 0.234 e. The van der Waals surface area contributed by atoms with E-state index < -0.39 is 29.8 Å². The molecule has 2 N–H and O–H groups in total. The van der Waals surface area contributed by atoms with Crippen molar-refractivity contribution in [3.63, 3.8) is 0 Å². The van der Waals surface area contributed by atoms with Crippen molar-refractivity contribution in [3.8, 4) is 11.5 Å². The zero-order chi connectivity index (χ0) is 27.4. The average molecular weight is 546 g/mol. The summed E-state index contributed by atoms with van der Waals surface area (Å²) in [5, 5.41) is 13.7. The molecule has 3 aromatic rings. The second-order valence-electron chi connectivity index (χ2n) is 9.55. The van der Waals surface area contributed by atoms with Gasteiger partial charge in [-0.05, 0) is 47.0 Å². The van der Waals surface area contributed by atoms with Gasteiger partial charge in [0.15, 0.2) is 0 Å². The van der Waals surface area contributed by atoms with Crippen LogP contribution in [0.3, 0.4) is 0 Å². The summed E-state index contributed by atoms with van der Waals surface area (Å²) < 4.78 is 23.9. The molecule has 1 amide bonds. The fourth-order valence-electron chi connectivity index (χ4n) is 5.29. The molecule has 2 heterocycles. The number of methoxy groups -OCH3 is 2. The third-order valence-corrected chi connectivity index (χ3v) is 7.71. The first-order valence-corrected chi connectivity index (χ1v) is 13.2. The van der Waals surface area contributed by atoms with Crippen LogP contribution >= 0.6 is 12.2 Å². The van der Waals surface area contributed by atoms with Crippen LogP contribution in [0.15, 0.2) is 91.1 Å². The SMILES string of the molecule is COc1ccc(C(OC[C@H]2O[C@@H](C3C(=O)NC=CC3=S)C[C@@H]2O)(c2ccccc2)c2ccc(OC)cc2)cc1. The number of carbonyl (C=O) groups excluding carboxylic acids is 1. The monoisotopic (exact) mass is 545 g/mol. The van der Waals surface area contributed by atoms with Crippen LogP contribution in [0.5, 0.6) is 11.5 Å². The van der Waals surface area contributed by atoms with Crippen molar-refractivity contribution in [2.24, 2.45) is 5.92 Å². The molecule has 3 aromatic carbocycles. The van der Waals surface area contributed by atoms with Crippen molar-refractivity contribution in [2.45, 2.75) is 30.3 Å². The van der Waals surface area contributed by atoms with E-state index in [1.807, 2.05) is 78.9 Å². The molecular formula is C31H31NO6S. The number of hydrogen-bond acceptors (Lipinski definition) is 7. The van der Waals surface area contributed by atoms with Crippen molar-refractivity contribution in [3.05, 3.63) is 108 Å². The van der Waals surface area contributed by atoms with E-state index in [2.05, 4.69) is 5.32 Å². The van der Waals surface area contributed by atoms with Gasteiger partial charge in [-0.3, -0.25) is 4.79 Å². The third-order valence-electron chi connectivity index (χ3n) is 7.32. The fraction of sp³-hybridized carbons (Fsp3) is 0.290. The highest BCUT2D eigenvalue weighted by molar-refractivity contribution is 7.80. The number of nitrogens with one attached hydrogen (secondary N) is 1. The second-order valence-corrected chi connectivity index (χ2v) is 10.0. The fourth-order valence-corrected chi connectivity index (χ4v) is 5.61. The Morgan fingerprint density at radius 2 is 1.49 bits per heavy atom. The zero-order valence-electron chi connectivity index (χ0n) is 21.8. The van der Waals surface area contributed by atoms with Gasteiger partial charge in [-0.25, -0.2) is 0 Å². The maximum atomic E-state index is 12.5. The molecule has 0 aliphatic carbocycles. The Hall–Kier alpha value is -3.56. The number of aliphatic hydroxyl groups is 1. The van der Waals surface area contributed by atoms with Gasteiger partial charge in [-0.1, -0.05) is 66.8 Å². The van der Waals surface area contributed by atoms with E-state index in [1.165, 1.54) is 6.20 Å². The molecule has 1 unspecified atom stereocenters. The molecule has 0 radical (unpaired) electrons. The topological polar surface area (TPSA) is 86.3 Å². The molecule has 0 spiro atoms. The van der Waals surface area contributed by atoms with Gasteiger partial charge in [-0.2, -0.15) is 0 Å². The zero-order valence-corrected chi connectivity index (χ0v) is 22.6. The number of hydrogen-bond donors (Lipinski definition) is 2. The summed E-state index contributed by atoms with van der Waals surface area (Å²) in [4.78, 5) is 13.0. The Labute approximate surface area is 233 Å². The first kappa shape index (κ1) is 27.0. The number of carbonyl (C=O) groups is 1. The van der Waals surface area contributed by atoms with E-state index in [0.29, 0.717) is 4.86 Å². The van der Waals surface area contributed by atoms with E-state index in [9.17, 15) is 9.90 Å². The molecule has 2 aliphatic rings. The molecule has 0 saturated carbocycles. The number of aliphatic hydroxyl groups excluding tert-OH is 1. The number of rotatable bonds is 9. The van der Waals surface area contributed by atoms with Gasteiger partial charge >= 0.3 is 0 Å². The smallest absolute Gasteiger partial charge is 0.234 e. The molecule has 0 aromatic heterocycles. The Kier molecular flexibility index (Phi) is 8.09. The van der Waals surface area contributed by atoms with Crippen LogP contribution in [-0.4, -0.2) is 55.0 Å². The van der Waals surface area contributed by atoms with Crippen molar-refractivity contribution in [2.75, 3.05) is 20.8 Å². The minimum Gasteiger partial charge on any atom is -0.497 e. The molecule has 5 rings (SSSR count). The summed E-state index contributed by atoms with van der Waals surface area (Å²) in [6, 6.07) is 25.4. The first-order valence-electron chi connectivity index (χ1n) is 12.8. The molecule has 7 nitrogen and oxygen atoms in total. The van der Waals surface area contributed by atoms with Crippen LogP contribution in [0.2, 0.25) is 0 Å². The lowest BCUT2D eigenvalue weighted by Crippen LogP contribution is -2.42. The van der Waals surface area contributed by atoms with Crippen LogP contribution in [0.4, 0.5) is 0 Å². The molecular weight excluding hydrogens is 514 g/mol. The van der Waals surface area contributed by atoms with Gasteiger partial charge in [-0.15, -0.1) is 0 Å².